The van der Waals surface area contributed by atoms with Crippen molar-refractivity contribution in [2.45, 2.75) is 45.1 Å². The molecule has 1 atom stereocenters. The molecule has 3 rings (SSSR count). The number of nitrogens with zero attached hydrogens (tertiary/aromatic N) is 2. The lowest BCUT2D eigenvalue weighted by Crippen LogP contribution is -2.34. The lowest BCUT2D eigenvalue weighted by atomic mass is 9.95. The Morgan fingerprint density at radius 1 is 1.13 bits per heavy atom. The van der Waals surface area contributed by atoms with Crippen molar-refractivity contribution in [2.24, 2.45) is 0 Å². The number of para-hydroxylation sites is 1. The van der Waals surface area contributed by atoms with Gasteiger partial charge in [0.1, 0.15) is 5.82 Å². The molecule has 0 unspecified atom stereocenters. The van der Waals surface area contributed by atoms with E-state index in [4.69, 9.17) is 0 Å². The van der Waals surface area contributed by atoms with Crippen LogP contribution in [0.2, 0.25) is 0 Å². The Hall–Kier alpha value is -1.87. The monoisotopic (exact) mass is 309 g/mol. The van der Waals surface area contributed by atoms with Crippen LogP contribution in [0.25, 0.3) is 0 Å². The second-order valence-corrected chi connectivity index (χ2v) is 6.33. The van der Waals surface area contributed by atoms with Crippen LogP contribution in [0.4, 0.5) is 11.5 Å². The van der Waals surface area contributed by atoms with Gasteiger partial charge in [-0.3, -0.25) is 4.90 Å². The molecule has 1 aliphatic rings. The standard InChI is InChI=1S/C20H27N3/c1-2-3-15-23-16-8-7-13-19(23)18-12-9-14-21-20(18)22-17-10-5-4-6-11-17/h4-6,9-12,14,19H,2-3,7-8,13,15-16H2,1H3,(H,21,22)/t19-/m1/s1. The fourth-order valence-corrected chi connectivity index (χ4v) is 3.42. The minimum Gasteiger partial charge on any atom is -0.340 e. The van der Waals surface area contributed by atoms with Gasteiger partial charge in [-0.1, -0.05) is 44.0 Å². The van der Waals surface area contributed by atoms with Crippen LogP contribution in [-0.2, 0) is 0 Å². The van der Waals surface area contributed by atoms with Crippen molar-refractivity contribution >= 4 is 11.5 Å². The molecule has 1 N–H and O–H groups in total. The van der Waals surface area contributed by atoms with Crippen LogP contribution >= 0.6 is 0 Å². The first-order valence-electron chi connectivity index (χ1n) is 8.89. The molecule has 0 bridgehead atoms. The zero-order valence-electron chi connectivity index (χ0n) is 14.0. The predicted octanol–water partition coefficient (Wildman–Crippen LogP) is 5.15. The van der Waals surface area contributed by atoms with E-state index in [-0.39, 0.29) is 0 Å². The van der Waals surface area contributed by atoms with Crippen molar-refractivity contribution in [1.29, 1.82) is 0 Å². The number of benzene rings is 1. The number of anilines is 2. The molecule has 2 heterocycles. The number of piperidine rings is 1. The average molecular weight is 309 g/mol. The van der Waals surface area contributed by atoms with Crippen LogP contribution in [0.1, 0.15) is 50.6 Å². The summed E-state index contributed by atoms with van der Waals surface area (Å²) in [6.45, 7) is 4.68. The molecule has 122 valence electrons. The van der Waals surface area contributed by atoms with Gasteiger partial charge in [-0.05, 0) is 50.6 Å². The molecule has 0 saturated carbocycles. The summed E-state index contributed by atoms with van der Waals surface area (Å²) in [6, 6.07) is 15.1. The van der Waals surface area contributed by atoms with E-state index in [0.717, 1.165) is 11.5 Å². The summed E-state index contributed by atoms with van der Waals surface area (Å²) in [5.74, 6) is 1.01. The highest BCUT2D eigenvalue weighted by molar-refractivity contribution is 5.59. The normalized spacial score (nSPS) is 18.7. The van der Waals surface area contributed by atoms with E-state index in [1.807, 2.05) is 12.3 Å². The summed E-state index contributed by atoms with van der Waals surface area (Å²) in [5, 5.41) is 3.51. The van der Waals surface area contributed by atoms with Crippen LogP contribution in [0.15, 0.2) is 48.7 Å². The molecule has 1 aliphatic heterocycles. The summed E-state index contributed by atoms with van der Waals surface area (Å²) >= 11 is 0. The quantitative estimate of drug-likeness (QED) is 0.799. The molecule has 0 aliphatic carbocycles. The van der Waals surface area contributed by atoms with E-state index in [0.29, 0.717) is 6.04 Å². The van der Waals surface area contributed by atoms with Gasteiger partial charge in [0.15, 0.2) is 0 Å². The minimum atomic E-state index is 0.496. The molecule has 2 aromatic rings. The maximum absolute atomic E-state index is 4.63. The number of aromatic nitrogens is 1. The van der Waals surface area contributed by atoms with E-state index in [1.54, 1.807) is 0 Å². The molecule has 3 heteroatoms. The second kappa shape index (κ2) is 8.11. The van der Waals surface area contributed by atoms with Gasteiger partial charge < -0.3 is 5.32 Å². The fourth-order valence-electron chi connectivity index (χ4n) is 3.42. The summed E-state index contributed by atoms with van der Waals surface area (Å²) in [4.78, 5) is 7.28. The predicted molar refractivity (Wildman–Crippen MR) is 97.0 cm³/mol. The van der Waals surface area contributed by atoms with Crippen molar-refractivity contribution in [3.63, 3.8) is 0 Å². The number of unbranched alkanes of at least 4 members (excludes halogenated alkanes) is 1. The van der Waals surface area contributed by atoms with Crippen molar-refractivity contribution in [3.8, 4) is 0 Å². The van der Waals surface area contributed by atoms with E-state index in [1.165, 1.54) is 50.8 Å². The Morgan fingerprint density at radius 2 is 2.00 bits per heavy atom. The van der Waals surface area contributed by atoms with Crippen molar-refractivity contribution < 1.29 is 0 Å². The number of pyridine rings is 1. The topological polar surface area (TPSA) is 28.2 Å². The molecule has 3 nitrogen and oxygen atoms in total. The molecular weight excluding hydrogens is 282 g/mol. The smallest absolute Gasteiger partial charge is 0.135 e. The van der Waals surface area contributed by atoms with Crippen molar-refractivity contribution in [2.75, 3.05) is 18.4 Å². The Kier molecular flexibility index (Phi) is 5.65. The van der Waals surface area contributed by atoms with E-state index >= 15 is 0 Å². The zero-order chi connectivity index (χ0) is 15.9. The highest BCUT2D eigenvalue weighted by Crippen LogP contribution is 2.35. The van der Waals surface area contributed by atoms with Gasteiger partial charge in [-0.15, -0.1) is 0 Å². The largest absolute Gasteiger partial charge is 0.340 e. The van der Waals surface area contributed by atoms with Crippen LogP contribution in [0, 0.1) is 0 Å². The zero-order valence-corrected chi connectivity index (χ0v) is 14.0. The summed E-state index contributed by atoms with van der Waals surface area (Å²) in [5.41, 5.74) is 2.44. The number of rotatable bonds is 6. The van der Waals surface area contributed by atoms with Crippen molar-refractivity contribution in [1.82, 2.24) is 9.88 Å². The maximum Gasteiger partial charge on any atom is 0.135 e. The third-order valence-electron chi connectivity index (χ3n) is 4.65. The molecule has 1 saturated heterocycles. The van der Waals surface area contributed by atoms with Gasteiger partial charge in [0.05, 0.1) is 0 Å². The van der Waals surface area contributed by atoms with Crippen LogP contribution in [0.5, 0.6) is 0 Å². The van der Waals surface area contributed by atoms with E-state index < -0.39 is 0 Å². The Balaban J connectivity index is 1.83. The summed E-state index contributed by atoms with van der Waals surface area (Å²) < 4.78 is 0. The Labute approximate surface area is 139 Å². The SMILES string of the molecule is CCCCN1CCCC[C@@H]1c1cccnc1Nc1ccccc1. The average Bonchev–Trinajstić information content (AvgIpc) is 2.62. The van der Waals surface area contributed by atoms with Gasteiger partial charge in [0, 0.05) is 23.5 Å². The fraction of sp³-hybridized carbons (Fsp3) is 0.450. The highest BCUT2D eigenvalue weighted by Gasteiger charge is 2.25. The lowest BCUT2D eigenvalue weighted by molar-refractivity contribution is 0.147. The number of hydrogen-bond acceptors (Lipinski definition) is 3. The van der Waals surface area contributed by atoms with Crippen LogP contribution in [-0.4, -0.2) is 23.0 Å². The van der Waals surface area contributed by atoms with Crippen LogP contribution < -0.4 is 5.32 Å². The Bertz CT molecular complexity index is 597. The molecule has 0 spiro atoms. The Morgan fingerprint density at radius 3 is 2.83 bits per heavy atom. The van der Waals surface area contributed by atoms with E-state index in [9.17, 15) is 0 Å². The molecular formula is C20H27N3. The van der Waals surface area contributed by atoms with Gasteiger partial charge in [-0.25, -0.2) is 4.98 Å². The molecule has 1 aromatic carbocycles. The molecule has 0 amide bonds. The number of hydrogen-bond donors (Lipinski definition) is 1. The lowest BCUT2D eigenvalue weighted by Gasteiger charge is -2.36. The molecule has 1 aromatic heterocycles. The first kappa shape index (κ1) is 16.0. The first-order chi connectivity index (χ1) is 11.4. The molecule has 1 fully saturated rings. The van der Waals surface area contributed by atoms with Crippen molar-refractivity contribution in [3.05, 3.63) is 54.2 Å². The van der Waals surface area contributed by atoms with Gasteiger partial charge in [0.25, 0.3) is 0 Å². The maximum atomic E-state index is 4.63. The first-order valence-corrected chi connectivity index (χ1v) is 8.89. The third kappa shape index (κ3) is 4.11. The number of nitrogens with one attached hydrogen (secondary N) is 1. The van der Waals surface area contributed by atoms with Gasteiger partial charge in [-0.2, -0.15) is 0 Å². The van der Waals surface area contributed by atoms with Crippen LogP contribution in [0.3, 0.4) is 0 Å². The number of likely N-dealkylation sites (tertiary alicyclic amines) is 1. The minimum absolute atomic E-state index is 0.496. The highest BCUT2D eigenvalue weighted by atomic mass is 15.2. The molecule has 23 heavy (non-hydrogen) atoms. The van der Waals surface area contributed by atoms with Gasteiger partial charge >= 0.3 is 0 Å². The molecule has 0 radical (unpaired) electrons. The third-order valence-corrected chi connectivity index (χ3v) is 4.65. The van der Waals surface area contributed by atoms with E-state index in [2.05, 4.69) is 58.5 Å². The summed E-state index contributed by atoms with van der Waals surface area (Å²) in [7, 11) is 0. The summed E-state index contributed by atoms with van der Waals surface area (Å²) in [6.07, 6.45) is 8.28. The second-order valence-electron chi connectivity index (χ2n) is 6.33. The van der Waals surface area contributed by atoms with Gasteiger partial charge in [0.2, 0.25) is 0 Å².